The smallest absolute Gasteiger partial charge is 0.180 e. The van der Waals surface area contributed by atoms with Gasteiger partial charge in [0.25, 0.3) is 0 Å². The van der Waals surface area contributed by atoms with Crippen LogP contribution < -0.4 is 5.32 Å². The van der Waals surface area contributed by atoms with Crippen LogP contribution in [0.5, 0.6) is 0 Å². The minimum Gasteiger partial charge on any atom is -0.379 e. The van der Waals surface area contributed by atoms with Crippen molar-refractivity contribution in [1.29, 1.82) is 0 Å². The SMILES string of the molecule is Cc1ccc(S(=O)(=O)C[C@H](C)Nc2cnn(C)c2)cc1. The van der Waals surface area contributed by atoms with E-state index in [0.717, 1.165) is 11.3 Å². The van der Waals surface area contributed by atoms with Gasteiger partial charge in [-0.1, -0.05) is 17.7 Å². The molecule has 5 nitrogen and oxygen atoms in total. The molecule has 0 unspecified atom stereocenters. The molecule has 6 heteroatoms. The largest absolute Gasteiger partial charge is 0.379 e. The maximum Gasteiger partial charge on any atom is 0.180 e. The molecule has 20 heavy (non-hydrogen) atoms. The first-order valence-corrected chi connectivity index (χ1v) is 8.07. The van der Waals surface area contributed by atoms with Crippen LogP contribution in [0, 0.1) is 6.92 Å². The fourth-order valence-corrected chi connectivity index (χ4v) is 3.48. The number of hydrogen-bond donors (Lipinski definition) is 1. The molecule has 1 atom stereocenters. The fraction of sp³-hybridized carbons (Fsp3) is 0.357. The number of benzene rings is 1. The van der Waals surface area contributed by atoms with E-state index in [0.29, 0.717) is 4.90 Å². The van der Waals surface area contributed by atoms with Crippen molar-refractivity contribution in [2.24, 2.45) is 7.05 Å². The molecule has 1 N–H and O–H groups in total. The van der Waals surface area contributed by atoms with Gasteiger partial charge in [-0.05, 0) is 26.0 Å². The summed E-state index contributed by atoms with van der Waals surface area (Å²) in [6.07, 6.45) is 3.49. The van der Waals surface area contributed by atoms with Gasteiger partial charge in [-0.2, -0.15) is 5.10 Å². The molecule has 0 amide bonds. The van der Waals surface area contributed by atoms with Gasteiger partial charge in [0, 0.05) is 19.3 Å². The summed E-state index contributed by atoms with van der Waals surface area (Å²) in [6, 6.07) is 6.74. The van der Waals surface area contributed by atoms with E-state index in [-0.39, 0.29) is 11.8 Å². The summed E-state index contributed by atoms with van der Waals surface area (Å²) in [5.74, 6) is 0.0466. The molecule has 0 aliphatic heterocycles. The van der Waals surface area contributed by atoms with Crippen LogP contribution in [0.1, 0.15) is 12.5 Å². The summed E-state index contributed by atoms with van der Waals surface area (Å²) >= 11 is 0. The average Bonchev–Trinajstić information content (AvgIpc) is 2.74. The minimum atomic E-state index is -3.28. The normalized spacial score (nSPS) is 13.2. The molecule has 2 rings (SSSR count). The molecule has 0 saturated heterocycles. The van der Waals surface area contributed by atoms with Crippen LogP contribution in [0.3, 0.4) is 0 Å². The van der Waals surface area contributed by atoms with E-state index in [1.54, 1.807) is 23.0 Å². The van der Waals surface area contributed by atoms with Crippen LogP contribution in [0.25, 0.3) is 0 Å². The lowest BCUT2D eigenvalue weighted by Gasteiger charge is -2.14. The Balaban J connectivity index is 2.06. The molecule has 2 aromatic rings. The molecule has 1 heterocycles. The molecule has 0 aliphatic rings. The van der Waals surface area contributed by atoms with Crippen molar-refractivity contribution >= 4 is 15.5 Å². The van der Waals surface area contributed by atoms with Crippen LogP contribution >= 0.6 is 0 Å². The third-order valence-electron chi connectivity index (χ3n) is 2.97. The molecular formula is C14H19N3O2S. The van der Waals surface area contributed by atoms with E-state index < -0.39 is 9.84 Å². The van der Waals surface area contributed by atoms with Gasteiger partial charge in [-0.3, -0.25) is 4.68 Å². The number of hydrogen-bond acceptors (Lipinski definition) is 4. The standard InChI is InChI=1S/C14H19N3O2S/c1-11-4-6-14(7-5-11)20(18,19)10-12(2)16-13-8-15-17(3)9-13/h4-9,12,16H,10H2,1-3H3/t12-/m0/s1. The highest BCUT2D eigenvalue weighted by Gasteiger charge is 2.18. The number of rotatable bonds is 5. The van der Waals surface area contributed by atoms with Gasteiger partial charge in [0.2, 0.25) is 0 Å². The highest BCUT2D eigenvalue weighted by molar-refractivity contribution is 7.91. The van der Waals surface area contributed by atoms with Crippen molar-refractivity contribution < 1.29 is 8.42 Å². The first kappa shape index (κ1) is 14.6. The molecule has 108 valence electrons. The predicted octanol–water partition coefficient (Wildman–Crippen LogP) is 2.00. The van der Waals surface area contributed by atoms with Gasteiger partial charge in [0.05, 0.1) is 22.5 Å². The Labute approximate surface area is 119 Å². The van der Waals surface area contributed by atoms with Crippen LogP contribution in [-0.2, 0) is 16.9 Å². The predicted molar refractivity (Wildman–Crippen MR) is 79.5 cm³/mol. The Morgan fingerprint density at radius 3 is 2.50 bits per heavy atom. The van der Waals surface area contributed by atoms with Crippen molar-refractivity contribution in [2.45, 2.75) is 24.8 Å². The molecule has 0 bridgehead atoms. The van der Waals surface area contributed by atoms with Crippen molar-refractivity contribution in [3.8, 4) is 0 Å². The summed E-state index contributed by atoms with van der Waals surface area (Å²) in [4.78, 5) is 0.364. The lowest BCUT2D eigenvalue weighted by Crippen LogP contribution is -2.25. The van der Waals surface area contributed by atoms with E-state index in [2.05, 4.69) is 10.4 Å². The van der Waals surface area contributed by atoms with Gasteiger partial charge in [-0.15, -0.1) is 0 Å². The maximum absolute atomic E-state index is 12.3. The molecule has 1 aromatic heterocycles. The zero-order valence-electron chi connectivity index (χ0n) is 11.9. The maximum atomic E-state index is 12.3. The first-order chi connectivity index (χ1) is 9.37. The van der Waals surface area contributed by atoms with Gasteiger partial charge in [-0.25, -0.2) is 8.42 Å². The zero-order valence-corrected chi connectivity index (χ0v) is 12.7. The second-order valence-corrected chi connectivity index (χ2v) is 7.08. The monoisotopic (exact) mass is 293 g/mol. The fourth-order valence-electron chi connectivity index (χ4n) is 1.99. The molecule has 0 radical (unpaired) electrons. The average molecular weight is 293 g/mol. The summed E-state index contributed by atoms with van der Waals surface area (Å²) < 4.78 is 26.2. The van der Waals surface area contributed by atoms with Crippen molar-refractivity contribution in [1.82, 2.24) is 9.78 Å². The Morgan fingerprint density at radius 2 is 1.95 bits per heavy atom. The molecule has 0 spiro atoms. The van der Waals surface area contributed by atoms with E-state index >= 15 is 0 Å². The summed E-state index contributed by atoms with van der Waals surface area (Å²) in [6.45, 7) is 3.78. The van der Waals surface area contributed by atoms with E-state index in [1.807, 2.05) is 39.2 Å². The van der Waals surface area contributed by atoms with Gasteiger partial charge in [0.1, 0.15) is 0 Å². The quantitative estimate of drug-likeness (QED) is 0.916. The van der Waals surface area contributed by atoms with Crippen LogP contribution in [0.4, 0.5) is 5.69 Å². The summed E-state index contributed by atoms with van der Waals surface area (Å²) in [5, 5.41) is 7.18. The summed E-state index contributed by atoms with van der Waals surface area (Å²) in [5.41, 5.74) is 1.87. The van der Waals surface area contributed by atoms with E-state index in [4.69, 9.17) is 0 Å². The number of nitrogens with one attached hydrogen (secondary N) is 1. The number of nitrogens with zero attached hydrogens (tertiary/aromatic N) is 2. The second kappa shape index (κ2) is 5.66. The van der Waals surface area contributed by atoms with Gasteiger partial charge >= 0.3 is 0 Å². The lowest BCUT2D eigenvalue weighted by atomic mass is 10.2. The van der Waals surface area contributed by atoms with E-state index in [1.165, 1.54) is 0 Å². The summed E-state index contributed by atoms with van der Waals surface area (Å²) in [7, 11) is -1.46. The Hall–Kier alpha value is -1.82. The topological polar surface area (TPSA) is 64.0 Å². The highest BCUT2D eigenvalue weighted by atomic mass is 32.2. The van der Waals surface area contributed by atoms with Crippen molar-refractivity contribution in [3.63, 3.8) is 0 Å². The lowest BCUT2D eigenvalue weighted by molar-refractivity contribution is 0.592. The molecule has 1 aromatic carbocycles. The Kier molecular flexibility index (Phi) is 4.13. The van der Waals surface area contributed by atoms with Gasteiger partial charge in [0.15, 0.2) is 9.84 Å². The van der Waals surface area contributed by atoms with Gasteiger partial charge < -0.3 is 5.32 Å². The van der Waals surface area contributed by atoms with Crippen LogP contribution in [0.15, 0.2) is 41.6 Å². The molecule has 0 aliphatic carbocycles. The Bertz CT molecular complexity index is 675. The zero-order chi connectivity index (χ0) is 14.8. The van der Waals surface area contributed by atoms with E-state index in [9.17, 15) is 8.42 Å². The second-order valence-electron chi connectivity index (χ2n) is 5.04. The molecule has 0 fully saturated rings. The number of aromatic nitrogens is 2. The number of anilines is 1. The number of sulfone groups is 1. The minimum absolute atomic E-state index is 0.0466. The van der Waals surface area contributed by atoms with Crippen LogP contribution in [-0.4, -0.2) is 30.0 Å². The third kappa shape index (κ3) is 3.60. The first-order valence-electron chi connectivity index (χ1n) is 6.41. The number of aryl methyl sites for hydroxylation is 2. The third-order valence-corrected chi connectivity index (χ3v) is 4.90. The Morgan fingerprint density at radius 1 is 1.30 bits per heavy atom. The molecular weight excluding hydrogens is 274 g/mol. The molecule has 0 saturated carbocycles. The van der Waals surface area contributed by atoms with Crippen molar-refractivity contribution in [3.05, 3.63) is 42.2 Å². The van der Waals surface area contributed by atoms with Crippen molar-refractivity contribution in [2.75, 3.05) is 11.1 Å². The van der Waals surface area contributed by atoms with Crippen LogP contribution in [0.2, 0.25) is 0 Å². The highest BCUT2D eigenvalue weighted by Crippen LogP contribution is 2.15.